The maximum Gasteiger partial charge on any atom is 0.416 e. The Kier molecular flexibility index (Phi) is 10.3. The Hall–Kier alpha value is -4.36. The van der Waals surface area contributed by atoms with Crippen molar-refractivity contribution in [3.8, 4) is 0 Å². The molecule has 47 heavy (non-hydrogen) atoms. The number of aromatic nitrogens is 1. The SMILES string of the molecule is CN(C)CCON=C(CN1CCN(C(=O)c2cc(C(F)(F)F)cc(C(F)(F)F)c2)[C@H](Cc2c[nH]c3ccccc23)C1)c1ccccc1. The minimum absolute atomic E-state index is 0.0310. The number of nitrogens with one attached hydrogen (secondary N) is 1. The van der Waals surface area contributed by atoms with Crippen molar-refractivity contribution in [3.05, 3.63) is 107 Å². The predicted octanol–water partition coefficient (Wildman–Crippen LogP) is 6.56. The number of para-hydroxylation sites is 1. The zero-order chi connectivity index (χ0) is 33.8. The molecule has 1 N–H and O–H groups in total. The summed E-state index contributed by atoms with van der Waals surface area (Å²) in [7, 11) is 3.84. The van der Waals surface area contributed by atoms with E-state index < -0.39 is 41.0 Å². The van der Waals surface area contributed by atoms with E-state index in [0.29, 0.717) is 57.1 Å². The molecular formula is C34H35F6N5O2. The summed E-state index contributed by atoms with van der Waals surface area (Å²) < 4.78 is 81.9. The van der Waals surface area contributed by atoms with E-state index in [1.807, 2.05) is 79.8 Å². The van der Waals surface area contributed by atoms with E-state index in [-0.39, 0.29) is 12.6 Å². The van der Waals surface area contributed by atoms with Crippen LogP contribution in [0.15, 0.2) is 84.1 Å². The summed E-state index contributed by atoms with van der Waals surface area (Å²) in [6.07, 6.45) is -8.01. The summed E-state index contributed by atoms with van der Waals surface area (Å²) in [6.45, 7) is 2.05. The molecule has 0 saturated carbocycles. The molecule has 2 heterocycles. The van der Waals surface area contributed by atoms with E-state index >= 15 is 0 Å². The quantitative estimate of drug-likeness (QED) is 0.0908. The van der Waals surface area contributed by atoms with Gasteiger partial charge in [0.15, 0.2) is 0 Å². The summed E-state index contributed by atoms with van der Waals surface area (Å²) in [6, 6.07) is 17.5. The molecule has 1 saturated heterocycles. The van der Waals surface area contributed by atoms with Gasteiger partial charge in [-0.3, -0.25) is 9.69 Å². The number of hydrogen-bond acceptors (Lipinski definition) is 5. The summed E-state index contributed by atoms with van der Waals surface area (Å²) in [5.41, 5.74) is -0.481. The Morgan fingerprint density at radius 2 is 1.57 bits per heavy atom. The topological polar surface area (TPSA) is 64.2 Å². The number of nitrogens with zero attached hydrogens (tertiary/aromatic N) is 4. The van der Waals surface area contributed by atoms with Gasteiger partial charge in [0.1, 0.15) is 12.3 Å². The van der Waals surface area contributed by atoms with Crippen molar-refractivity contribution in [2.75, 3.05) is 53.4 Å². The van der Waals surface area contributed by atoms with Gasteiger partial charge in [0.25, 0.3) is 5.91 Å². The fourth-order valence-electron chi connectivity index (χ4n) is 5.67. The summed E-state index contributed by atoms with van der Waals surface area (Å²) in [4.78, 5) is 28.1. The van der Waals surface area contributed by atoms with Crippen LogP contribution >= 0.6 is 0 Å². The first-order valence-corrected chi connectivity index (χ1v) is 15.1. The Labute approximate surface area is 268 Å². The van der Waals surface area contributed by atoms with Crippen LogP contribution in [-0.2, 0) is 23.6 Å². The molecule has 0 aliphatic carbocycles. The van der Waals surface area contributed by atoms with Crippen molar-refractivity contribution in [3.63, 3.8) is 0 Å². The third kappa shape index (κ3) is 8.52. The first-order valence-electron chi connectivity index (χ1n) is 15.1. The number of alkyl halides is 6. The number of aromatic amines is 1. The number of rotatable bonds is 10. The molecule has 1 amide bonds. The second-order valence-corrected chi connectivity index (χ2v) is 11.8. The number of piperazine rings is 1. The van der Waals surface area contributed by atoms with Crippen molar-refractivity contribution >= 4 is 22.5 Å². The van der Waals surface area contributed by atoms with Gasteiger partial charge in [-0.05, 0) is 50.3 Å². The highest BCUT2D eigenvalue weighted by atomic mass is 19.4. The Morgan fingerprint density at radius 1 is 0.915 bits per heavy atom. The summed E-state index contributed by atoms with van der Waals surface area (Å²) in [5.74, 6) is -0.893. The van der Waals surface area contributed by atoms with E-state index in [0.717, 1.165) is 22.0 Å². The number of carbonyl (C=O) groups excluding carboxylic acids is 1. The standard InChI is InChI=1S/C34H35F6N5O2/c1-43(2)14-15-47-42-31(23-8-4-3-5-9-23)22-44-12-13-45(28(21-44)18-25-20-41-30-11-7-6-10-29(25)30)32(46)24-16-26(33(35,36)37)19-27(17-24)34(38,39)40/h3-11,16-17,19-20,28,41H,12-15,18,21-22H2,1-2H3/t28-/m1/s1. The van der Waals surface area contributed by atoms with E-state index in [1.165, 1.54) is 4.90 Å². The van der Waals surface area contributed by atoms with Gasteiger partial charge in [-0.1, -0.05) is 53.7 Å². The lowest BCUT2D eigenvalue weighted by molar-refractivity contribution is -0.143. The molecule has 0 bridgehead atoms. The van der Waals surface area contributed by atoms with Gasteiger partial charge in [-0.2, -0.15) is 26.3 Å². The van der Waals surface area contributed by atoms with Crippen LogP contribution in [0.1, 0.15) is 32.6 Å². The van der Waals surface area contributed by atoms with Gasteiger partial charge in [0, 0.05) is 67.0 Å². The van der Waals surface area contributed by atoms with Crippen LogP contribution in [0.25, 0.3) is 10.9 Å². The van der Waals surface area contributed by atoms with Gasteiger partial charge in [0.05, 0.1) is 11.1 Å². The molecule has 1 aromatic heterocycles. The lowest BCUT2D eigenvalue weighted by Crippen LogP contribution is -2.56. The van der Waals surface area contributed by atoms with Crippen molar-refractivity contribution in [1.29, 1.82) is 0 Å². The predicted molar refractivity (Wildman–Crippen MR) is 167 cm³/mol. The van der Waals surface area contributed by atoms with Gasteiger partial charge in [0.2, 0.25) is 0 Å². The normalized spacial score (nSPS) is 16.7. The lowest BCUT2D eigenvalue weighted by atomic mass is 9.98. The van der Waals surface area contributed by atoms with Crippen LogP contribution in [0.2, 0.25) is 0 Å². The monoisotopic (exact) mass is 659 g/mol. The Balaban J connectivity index is 1.46. The fourth-order valence-corrected chi connectivity index (χ4v) is 5.67. The molecule has 1 atom stereocenters. The third-order valence-electron chi connectivity index (χ3n) is 8.08. The largest absolute Gasteiger partial charge is 0.416 e. The summed E-state index contributed by atoms with van der Waals surface area (Å²) >= 11 is 0. The molecule has 0 radical (unpaired) electrons. The Morgan fingerprint density at radius 3 is 2.23 bits per heavy atom. The van der Waals surface area contributed by atoms with Gasteiger partial charge < -0.3 is 19.6 Å². The van der Waals surface area contributed by atoms with Crippen molar-refractivity contribution < 1.29 is 36.0 Å². The molecule has 250 valence electrons. The zero-order valence-electron chi connectivity index (χ0n) is 25.9. The summed E-state index contributed by atoms with van der Waals surface area (Å²) in [5, 5.41) is 5.33. The maximum atomic E-state index is 13.9. The van der Waals surface area contributed by atoms with Crippen LogP contribution in [0.5, 0.6) is 0 Å². The molecule has 1 aliphatic heterocycles. The van der Waals surface area contributed by atoms with Crippen molar-refractivity contribution in [2.45, 2.75) is 24.8 Å². The number of H-pyrrole nitrogens is 1. The van der Waals surface area contributed by atoms with Gasteiger partial charge in [-0.15, -0.1) is 0 Å². The zero-order valence-corrected chi connectivity index (χ0v) is 25.9. The lowest BCUT2D eigenvalue weighted by Gasteiger charge is -2.42. The number of benzene rings is 3. The van der Waals surface area contributed by atoms with Gasteiger partial charge in [-0.25, -0.2) is 0 Å². The number of halogens is 6. The van der Waals surface area contributed by atoms with Crippen molar-refractivity contribution in [1.82, 2.24) is 19.7 Å². The van der Waals surface area contributed by atoms with Crippen LogP contribution in [0.4, 0.5) is 26.3 Å². The van der Waals surface area contributed by atoms with Crippen LogP contribution < -0.4 is 0 Å². The Bertz CT molecular complexity index is 1670. The average Bonchev–Trinajstić information content (AvgIpc) is 3.44. The van der Waals surface area contributed by atoms with Crippen LogP contribution in [0.3, 0.4) is 0 Å². The number of fused-ring (bicyclic) bond motifs is 1. The van der Waals surface area contributed by atoms with Crippen LogP contribution in [0, 0.1) is 0 Å². The highest BCUT2D eigenvalue weighted by Crippen LogP contribution is 2.37. The molecular weight excluding hydrogens is 624 g/mol. The average molecular weight is 660 g/mol. The minimum Gasteiger partial charge on any atom is -0.394 e. The third-order valence-corrected chi connectivity index (χ3v) is 8.08. The highest BCUT2D eigenvalue weighted by Gasteiger charge is 2.39. The molecule has 1 fully saturated rings. The highest BCUT2D eigenvalue weighted by molar-refractivity contribution is 6.01. The van der Waals surface area contributed by atoms with Crippen molar-refractivity contribution in [2.24, 2.45) is 5.16 Å². The molecule has 3 aromatic carbocycles. The smallest absolute Gasteiger partial charge is 0.394 e. The molecule has 0 unspecified atom stereocenters. The molecule has 1 aliphatic rings. The molecule has 4 aromatic rings. The first kappa shape index (κ1) is 34.0. The number of oxime groups is 1. The first-order chi connectivity index (χ1) is 22.3. The second-order valence-electron chi connectivity index (χ2n) is 11.8. The van der Waals surface area contributed by atoms with E-state index in [9.17, 15) is 31.1 Å². The van der Waals surface area contributed by atoms with E-state index in [1.54, 1.807) is 0 Å². The number of carbonyl (C=O) groups is 1. The van der Waals surface area contributed by atoms with Crippen LogP contribution in [-0.4, -0.2) is 90.8 Å². The molecule has 7 nitrogen and oxygen atoms in total. The number of amides is 1. The molecule has 5 rings (SSSR count). The van der Waals surface area contributed by atoms with E-state index in [4.69, 9.17) is 4.84 Å². The molecule has 0 spiro atoms. The van der Waals surface area contributed by atoms with Gasteiger partial charge >= 0.3 is 12.4 Å². The number of likely N-dealkylation sites (N-methyl/N-ethyl adjacent to an activating group) is 1. The number of hydrogen-bond donors (Lipinski definition) is 1. The fraction of sp³-hybridized carbons (Fsp3) is 0.353. The minimum atomic E-state index is -5.07. The van der Waals surface area contributed by atoms with E-state index in [2.05, 4.69) is 15.0 Å². The second kappa shape index (κ2) is 14.2. The maximum absolute atomic E-state index is 13.9. The molecule has 13 heteroatoms.